The average molecular weight is 1020 g/mol. The third-order valence-electron chi connectivity index (χ3n) is 18.2. The maximum Gasteiger partial charge on any atom is 0.0505 e. The van der Waals surface area contributed by atoms with Gasteiger partial charge in [-0.05, 0) is 168 Å². The van der Waals surface area contributed by atoms with Crippen molar-refractivity contribution in [1.82, 2.24) is 0 Å². The van der Waals surface area contributed by atoms with Crippen LogP contribution in [-0.2, 0) is 10.8 Å². The van der Waals surface area contributed by atoms with Crippen LogP contribution >= 0.6 is 0 Å². The fourth-order valence-electron chi connectivity index (χ4n) is 14.3. The first-order valence-electron chi connectivity index (χ1n) is 28.2. The highest BCUT2D eigenvalue weighted by Crippen LogP contribution is 2.55. The van der Waals surface area contributed by atoms with E-state index in [2.05, 4.69) is 293 Å². The molecule has 2 N–H and O–H groups in total. The van der Waals surface area contributed by atoms with Crippen molar-refractivity contribution in [2.75, 3.05) is 10.6 Å². The topological polar surface area (TPSA) is 24.1 Å². The largest absolute Gasteiger partial charge is 0.355 e. The summed E-state index contributed by atoms with van der Waals surface area (Å²) in [4.78, 5) is 0. The van der Waals surface area contributed by atoms with Crippen LogP contribution in [0.25, 0.3) is 120 Å². The Morgan fingerprint density at radius 2 is 0.562 bits per heavy atom. The molecule has 80 heavy (non-hydrogen) atoms. The van der Waals surface area contributed by atoms with Gasteiger partial charge in [0.05, 0.1) is 11.4 Å². The molecule has 0 bridgehead atoms. The van der Waals surface area contributed by atoms with Gasteiger partial charge in [-0.2, -0.15) is 0 Å². The van der Waals surface area contributed by atoms with Gasteiger partial charge >= 0.3 is 0 Å². The van der Waals surface area contributed by atoms with Crippen molar-refractivity contribution in [2.24, 2.45) is 0 Å². The van der Waals surface area contributed by atoms with E-state index < -0.39 is 0 Å². The summed E-state index contributed by atoms with van der Waals surface area (Å²) in [7, 11) is 0. The second-order valence-electron chi connectivity index (χ2n) is 23.3. The molecule has 0 spiro atoms. The molecule has 0 fully saturated rings. The Balaban J connectivity index is 1.05. The minimum Gasteiger partial charge on any atom is -0.355 e. The van der Waals surface area contributed by atoms with Gasteiger partial charge in [0, 0.05) is 33.3 Å². The average Bonchev–Trinajstić information content (AvgIpc) is 3.59. The van der Waals surface area contributed by atoms with E-state index in [0.717, 1.165) is 22.7 Å². The van der Waals surface area contributed by atoms with E-state index >= 15 is 0 Å². The van der Waals surface area contributed by atoms with Gasteiger partial charge in [0.15, 0.2) is 0 Å². The molecular weight excluding hydrogens is 965 g/mol. The predicted molar refractivity (Wildman–Crippen MR) is 342 cm³/mol. The zero-order chi connectivity index (χ0) is 53.4. The highest BCUT2D eigenvalue weighted by atomic mass is 14.9. The van der Waals surface area contributed by atoms with Crippen molar-refractivity contribution in [3.63, 3.8) is 0 Å². The summed E-state index contributed by atoms with van der Waals surface area (Å²) in [5.41, 5.74) is 21.5. The maximum atomic E-state index is 4.00. The van der Waals surface area contributed by atoms with E-state index in [-0.39, 0.29) is 10.8 Å². The van der Waals surface area contributed by atoms with Crippen LogP contribution in [0.1, 0.15) is 49.9 Å². The van der Waals surface area contributed by atoms with E-state index in [1.165, 1.54) is 143 Å². The lowest BCUT2D eigenvalue weighted by atomic mass is 9.73. The Morgan fingerprint density at radius 1 is 0.237 bits per heavy atom. The van der Waals surface area contributed by atoms with E-state index in [1.54, 1.807) is 0 Å². The lowest BCUT2D eigenvalue weighted by Gasteiger charge is -2.37. The van der Waals surface area contributed by atoms with Crippen molar-refractivity contribution in [1.29, 1.82) is 0 Å². The summed E-state index contributed by atoms with van der Waals surface area (Å²) in [6, 6.07) is 95.9. The standard InChI is InChI=1S/C78H56N2/c1-77(2)67-33-9-11-37-71(67)79-75-61(31-17-35-69(75)77)55-25-15-29-59-65(55)46-66-56(62-32-18-36-70-76(62)80-72-38-12-10-34-68(72)78(70,3)4)26-16-30-60(66)74(59)73-57-27-13-23-53(51-41-39-47-19-5-7-21-49(47)43-51)63(57)45-64-54(24-14-28-58(64)73)52-42-40-48-20-6-8-22-50(48)44-52/h5-46,79-80H,1-4H3. The first-order chi connectivity index (χ1) is 39.2. The molecule has 0 saturated carbocycles. The van der Waals surface area contributed by atoms with Gasteiger partial charge in [-0.1, -0.05) is 246 Å². The molecule has 16 rings (SSSR count). The lowest BCUT2D eigenvalue weighted by Crippen LogP contribution is -2.26. The Labute approximate surface area is 466 Å². The Morgan fingerprint density at radius 3 is 0.988 bits per heavy atom. The fraction of sp³-hybridized carbons (Fsp3) is 0.0769. The molecular formula is C78H56N2. The monoisotopic (exact) mass is 1020 g/mol. The highest BCUT2D eigenvalue weighted by molar-refractivity contribution is 6.28. The van der Waals surface area contributed by atoms with Crippen LogP contribution in [-0.4, -0.2) is 0 Å². The van der Waals surface area contributed by atoms with Crippen LogP contribution in [0.4, 0.5) is 22.7 Å². The van der Waals surface area contributed by atoms with Crippen LogP contribution in [0.2, 0.25) is 0 Å². The summed E-state index contributed by atoms with van der Waals surface area (Å²) in [5.74, 6) is 0. The molecule has 0 saturated heterocycles. The molecule has 0 aliphatic carbocycles. The summed E-state index contributed by atoms with van der Waals surface area (Å²) >= 11 is 0. The smallest absolute Gasteiger partial charge is 0.0505 e. The third kappa shape index (κ3) is 6.85. The molecule has 2 nitrogen and oxygen atoms in total. The molecule has 2 heterocycles. The Kier molecular flexibility index (Phi) is 10.1. The van der Waals surface area contributed by atoms with Gasteiger partial charge in [-0.25, -0.2) is 0 Å². The van der Waals surface area contributed by atoms with Crippen LogP contribution in [0.15, 0.2) is 255 Å². The zero-order valence-corrected chi connectivity index (χ0v) is 45.2. The van der Waals surface area contributed by atoms with Crippen LogP contribution in [0.5, 0.6) is 0 Å². The van der Waals surface area contributed by atoms with Gasteiger partial charge in [0.2, 0.25) is 0 Å². The second kappa shape index (κ2) is 17.4. The molecule has 2 aliphatic rings. The van der Waals surface area contributed by atoms with E-state index in [4.69, 9.17) is 0 Å². The third-order valence-corrected chi connectivity index (χ3v) is 18.2. The molecule has 378 valence electrons. The summed E-state index contributed by atoms with van der Waals surface area (Å²) in [6.45, 7) is 9.48. The minimum atomic E-state index is -0.220. The predicted octanol–water partition coefficient (Wildman–Crippen LogP) is 21.7. The normalized spacial score (nSPS) is 13.9. The number of benzene rings is 14. The number of hydrogen-bond donors (Lipinski definition) is 2. The van der Waals surface area contributed by atoms with Crippen LogP contribution in [0, 0.1) is 0 Å². The van der Waals surface area contributed by atoms with Gasteiger partial charge in [0.25, 0.3) is 0 Å². The van der Waals surface area contributed by atoms with Gasteiger partial charge < -0.3 is 10.6 Å². The zero-order valence-electron chi connectivity index (χ0n) is 45.2. The van der Waals surface area contributed by atoms with E-state index in [1.807, 2.05) is 0 Å². The molecule has 0 aromatic heterocycles. The maximum absolute atomic E-state index is 4.00. The molecule has 0 amide bonds. The molecule has 2 aliphatic heterocycles. The van der Waals surface area contributed by atoms with Gasteiger partial charge in [-0.15, -0.1) is 0 Å². The highest BCUT2D eigenvalue weighted by Gasteiger charge is 2.36. The molecule has 14 aromatic carbocycles. The van der Waals surface area contributed by atoms with E-state index in [9.17, 15) is 0 Å². The Hall–Kier alpha value is -9.76. The SMILES string of the molecule is CC1(C)c2ccccc2Nc2c(-c3cccc4c(-c5c6cccc(-c7ccc8ccccc8c7)c6cc6c(-c7ccc8ccccc8c7)cccc56)c5cccc(-c6cccc7c6Nc6ccccc6C7(C)C)c5cc34)cccc21. The number of hydrogen-bond acceptors (Lipinski definition) is 2. The summed E-state index contributed by atoms with van der Waals surface area (Å²) < 4.78 is 0. The summed E-state index contributed by atoms with van der Waals surface area (Å²) in [5, 5.41) is 22.7. The van der Waals surface area contributed by atoms with Crippen molar-refractivity contribution in [3.05, 3.63) is 277 Å². The summed E-state index contributed by atoms with van der Waals surface area (Å²) in [6.07, 6.45) is 0. The quantitative estimate of drug-likeness (QED) is 0.168. The first-order valence-corrected chi connectivity index (χ1v) is 28.2. The van der Waals surface area contributed by atoms with Crippen molar-refractivity contribution < 1.29 is 0 Å². The molecule has 14 aromatic rings. The number of fused-ring (bicyclic) bond motifs is 10. The van der Waals surface area contributed by atoms with Crippen molar-refractivity contribution in [3.8, 4) is 55.6 Å². The van der Waals surface area contributed by atoms with Crippen molar-refractivity contribution in [2.45, 2.75) is 38.5 Å². The fourth-order valence-corrected chi connectivity index (χ4v) is 14.3. The minimum absolute atomic E-state index is 0.220. The Bertz CT molecular complexity index is 4650. The lowest BCUT2D eigenvalue weighted by molar-refractivity contribution is 0.638. The number of nitrogens with one attached hydrogen (secondary N) is 2. The van der Waals surface area contributed by atoms with Crippen LogP contribution in [0.3, 0.4) is 0 Å². The first kappa shape index (κ1) is 46.3. The molecule has 2 heteroatoms. The van der Waals surface area contributed by atoms with E-state index in [0.29, 0.717) is 0 Å². The van der Waals surface area contributed by atoms with Crippen LogP contribution < -0.4 is 10.6 Å². The van der Waals surface area contributed by atoms with Gasteiger partial charge in [0.1, 0.15) is 0 Å². The molecule has 0 atom stereocenters. The number of anilines is 4. The molecule has 0 unspecified atom stereocenters. The van der Waals surface area contributed by atoms with Gasteiger partial charge in [-0.3, -0.25) is 0 Å². The number of para-hydroxylation sites is 4. The molecule has 0 radical (unpaired) electrons. The second-order valence-corrected chi connectivity index (χ2v) is 23.3. The number of rotatable bonds is 5. The van der Waals surface area contributed by atoms with Crippen molar-refractivity contribution >= 4 is 87.4 Å².